The van der Waals surface area contributed by atoms with Gasteiger partial charge in [0.1, 0.15) is 0 Å². The van der Waals surface area contributed by atoms with E-state index in [1.165, 1.54) is 0 Å². The van der Waals surface area contributed by atoms with E-state index < -0.39 is 0 Å². The first-order chi connectivity index (χ1) is 11.7. The molecule has 0 unspecified atom stereocenters. The number of amides is 1. The minimum absolute atomic E-state index is 0.137. The summed E-state index contributed by atoms with van der Waals surface area (Å²) in [6.07, 6.45) is 4.84. The van der Waals surface area contributed by atoms with Crippen molar-refractivity contribution in [3.05, 3.63) is 65.6 Å². The molecule has 0 bridgehead atoms. The second-order valence-corrected chi connectivity index (χ2v) is 6.11. The van der Waals surface area contributed by atoms with Crippen LogP contribution in [0.1, 0.15) is 21.6 Å². The standard InChI is InChI=1S/C18H19N5O/c1-22-11-8-15-16(12-22)20-21-17(15)19-18(24)13-4-6-14(7-5-13)23-9-2-3-10-23/h2-7,9-10H,8,11-12H2,1H3,(H2,19,20,21,24). The van der Waals surface area contributed by atoms with Crippen molar-refractivity contribution in [1.82, 2.24) is 19.7 Å². The number of carbonyl (C=O) groups is 1. The average Bonchev–Trinajstić information content (AvgIpc) is 3.25. The number of aromatic nitrogens is 3. The summed E-state index contributed by atoms with van der Waals surface area (Å²) in [7, 11) is 2.08. The van der Waals surface area contributed by atoms with Crippen molar-refractivity contribution >= 4 is 11.7 Å². The maximum absolute atomic E-state index is 12.5. The second-order valence-electron chi connectivity index (χ2n) is 6.11. The molecule has 3 heterocycles. The Morgan fingerprint density at radius 1 is 1.21 bits per heavy atom. The number of aromatic amines is 1. The van der Waals surface area contributed by atoms with Crippen LogP contribution in [0.15, 0.2) is 48.8 Å². The van der Waals surface area contributed by atoms with E-state index in [4.69, 9.17) is 0 Å². The SMILES string of the molecule is CN1CCc2c(NC(=O)c3ccc(-n4cccc4)cc3)n[nH]c2C1. The Kier molecular flexibility index (Phi) is 3.66. The van der Waals surface area contributed by atoms with E-state index in [0.29, 0.717) is 11.4 Å². The van der Waals surface area contributed by atoms with Gasteiger partial charge < -0.3 is 14.8 Å². The zero-order chi connectivity index (χ0) is 16.5. The number of rotatable bonds is 3. The Morgan fingerprint density at radius 2 is 1.96 bits per heavy atom. The van der Waals surface area contributed by atoms with E-state index in [-0.39, 0.29) is 5.91 Å². The molecule has 1 aromatic carbocycles. The summed E-state index contributed by atoms with van der Waals surface area (Å²) in [6.45, 7) is 1.81. The van der Waals surface area contributed by atoms with Gasteiger partial charge in [0.25, 0.3) is 5.91 Å². The van der Waals surface area contributed by atoms with Crippen molar-refractivity contribution in [2.45, 2.75) is 13.0 Å². The van der Waals surface area contributed by atoms with Crippen molar-refractivity contribution in [3.8, 4) is 5.69 Å². The highest BCUT2D eigenvalue weighted by Gasteiger charge is 2.21. The first kappa shape index (κ1) is 14.7. The lowest BCUT2D eigenvalue weighted by Gasteiger charge is -2.21. The molecule has 4 rings (SSSR count). The molecule has 2 aromatic heterocycles. The van der Waals surface area contributed by atoms with E-state index in [1.54, 1.807) is 0 Å². The van der Waals surface area contributed by atoms with Gasteiger partial charge in [-0.3, -0.25) is 9.89 Å². The molecule has 0 radical (unpaired) electrons. The third-order valence-corrected chi connectivity index (χ3v) is 4.39. The molecule has 0 spiro atoms. The Balaban J connectivity index is 1.51. The lowest BCUT2D eigenvalue weighted by molar-refractivity contribution is 0.102. The molecule has 0 saturated carbocycles. The number of H-pyrrole nitrogens is 1. The van der Waals surface area contributed by atoms with Crippen LogP contribution in [0, 0.1) is 0 Å². The molecule has 0 fully saturated rings. The summed E-state index contributed by atoms with van der Waals surface area (Å²) in [5.41, 5.74) is 3.85. The van der Waals surface area contributed by atoms with Gasteiger partial charge in [0, 0.05) is 42.3 Å². The number of carbonyl (C=O) groups excluding carboxylic acids is 1. The molecule has 1 aliphatic rings. The number of benzene rings is 1. The lowest BCUT2D eigenvalue weighted by atomic mass is 10.1. The van der Waals surface area contributed by atoms with Crippen molar-refractivity contribution in [1.29, 1.82) is 0 Å². The van der Waals surface area contributed by atoms with Crippen LogP contribution < -0.4 is 5.32 Å². The quantitative estimate of drug-likeness (QED) is 0.779. The van der Waals surface area contributed by atoms with Gasteiger partial charge in [-0.25, -0.2) is 0 Å². The van der Waals surface area contributed by atoms with Crippen LogP contribution in [0.3, 0.4) is 0 Å². The van der Waals surface area contributed by atoms with Gasteiger partial charge in [0.05, 0.1) is 5.69 Å². The summed E-state index contributed by atoms with van der Waals surface area (Å²) < 4.78 is 2.00. The van der Waals surface area contributed by atoms with Crippen molar-refractivity contribution in [2.75, 3.05) is 18.9 Å². The molecule has 0 atom stereocenters. The van der Waals surface area contributed by atoms with Gasteiger partial charge in [-0.1, -0.05) is 0 Å². The molecular formula is C18H19N5O. The Bertz CT molecular complexity index is 848. The average molecular weight is 321 g/mol. The van der Waals surface area contributed by atoms with Gasteiger partial charge in [0.2, 0.25) is 0 Å². The molecular weight excluding hydrogens is 302 g/mol. The monoisotopic (exact) mass is 321 g/mol. The van der Waals surface area contributed by atoms with Crippen molar-refractivity contribution in [3.63, 3.8) is 0 Å². The third-order valence-electron chi connectivity index (χ3n) is 4.39. The largest absolute Gasteiger partial charge is 0.324 e. The molecule has 0 saturated heterocycles. The second kappa shape index (κ2) is 5.98. The number of fused-ring (bicyclic) bond motifs is 1. The van der Waals surface area contributed by atoms with Crippen LogP contribution >= 0.6 is 0 Å². The fraction of sp³-hybridized carbons (Fsp3) is 0.222. The van der Waals surface area contributed by atoms with Crippen LogP contribution in [-0.2, 0) is 13.0 Å². The Hall–Kier alpha value is -2.86. The molecule has 2 N–H and O–H groups in total. The summed E-state index contributed by atoms with van der Waals surface area (Å²) in [5, 5.41) is 10.2. The summed E-state index contributed by atoms with van der Waals surface area (Å²) in [5.74, 6) is 0.514. The Labute approximate surface area is 140 Å². The molecule has 6 heteroatoms. The van der Waals surface area contributed by atoms with E-state index in [2.05, 4.69) is 27.5 Å². The minimum atomic E-state index is -0.137. The third kappa shape index (κ3) is 2.72. The van der Waals surface area contributed by atoms with Gasteiger partial charge in [-0.15, -0.1) is 0 Å². The van der Waals surface area contributed by atoms with E-state index >= 15 is 0 Å². The highest BCUT2D eigenvalue weighted by atomic mass is 16.1. The zero-order valence-electron chi connectivity index (χ0n) is 13.5. The first-order valence-electron chi connectivity index (χ1n) is 8.00. The number of anilines is 1. The summed E-state index contributed by atoms with van der Waals surface area (Å²) in [4.78, 5) is 14.7. The molecule has 0 aliphatic carbocycles. The van der Waals surface area contributed by atoms with Crippen LogP contribution in [0.4, 0.5) is 5.82 Å². The van der Waals surface area contributed by atoms with Crippen LogP contribution in [0.2, 0.25) is 0 Å². The molecule has 1 aliphatic heterocycles. The van der Waals surface area contributed by atoms with Crippen molar-refractivity contribution < 1.29 is 4.79 Å². The molecule has 24 heavy (non-hydrogen) atoms. The summed E-state index contributed by atoms with van der Waals surface area (Å²) >= 11 is 0. The number of nitrogens with zero attached hydrogens (tertiary/aromatic N) is 3. The molecule has 3 aromatic rings. The van der Waals surface area contributed by atoms with Gasteiger partial charge in [-0.2, -0.15) is 5.10 Å². The highest BCUT2D eigenvalue weighted by molar-refractivity contribution is 6.04. The predicted molar refractivity (Wildman–Crippen MR) is 92.3 cm³/mol. The zero-order valence-corrected chi connectivity index (χ0v) is 13.5. The number of hydrogen-bond donors (Lipinski definition) is 2. The van der Waals surface area contributed by atoms with Crippen LogP contribution in [0.5, 0.6) is 0 Å². The van der Waals surface area contributed by atoms with Gasteiger partial charge in [-0.05, 0) is 49.9 Å². The number of nitrogens with one attached hydrogen (secondary N) is 2. The molecule has 1 amide bonds. The Morgan fingerprint density at radius 3 is 2.71 bits per heavy atom. The van der Waals surface area contributed by atoms with Crippen LogP contribution in [0.25, 0.3) is 5.69 Å². The normalized spacial score (nSPS) is 14.4. The first-order valence-corrected chi connectivity index (χ1v) is 8.00. The fourth-order valence-electron chi connectivity index (χ4n) is 3.03. The lowest BCUT2D eigenvalue weighted by Crippen LogP contribution is -2.26. The maximum atomic E-state index is 12.5. The number of likely N-dealkylation sites (N-methyl/N-ethyl adjacent to an activating group) is 1. The smallest absolute Gasteiger partial charge is 0.256 e. The van der Waals surface area contributed by atoms with Gasteiger partial charge >= 0.3 is 0 Å². The van der Waals surface area contributed by atoms with E-state index in [9.17, 15) is 4.79 Å². The summed E-state index contributed by atoms with van der Waals surface area (Å²) in [6, 6.07) is 11.5. The predicted octanol–water partition coefficient (Wildman–Crippen LogP) is 2.44. The number of hydrogen-bond acceptors (Lipinski definition) is 3. The fourth-order valence-corrected chi connectivity index (χ4v) is 3.03. The minimum Gasteiger partial charge on any atom is -0.324 e. The van der Waals surface area contributed by atoms with Gasteiger partial charge in [0.15, 0.2) is 5.82 Å². The molecule has 122 valence electrons. The van der Waals surface area contributed by atoms with Crippen molar-refractivity contribution in [2.24, 2.45) is 0 Å². The maximum Gasteiger partial charge on any atom is 0.256 e. The highest BCUT2D eigenvalue weighted by Crippen LogP contribution is 2.23. The van der Waals surface area contributed by atoms with E-state index in [1.807, 2.05) is 53.4 Å². The van der Waals surface area contributed by atoms with Crippen LogP contribution in [-0.4, -0.2) is 39.2 Å². The topological polar surface area (TPSA) is 66.0 Å². The van der Waals surface area contributed by atoms with E-state index in [0.717, 1.165) is 36.5 Å². The molecule has 6 nitrogen and oxygen atoms in total.